The molecule has 0 radical (unpaired) electrons. The lowest BCUT2D eigenvalue weighted by molar-refractivity contribution is -0.131. The van der Waals surface area contributed by atoms with Crippen molar-refractivity contribution in [1.82, 2.24) is 10.3 Å². The van der Waals surface area contributed by atoms with Crippen molar-refractivity contribution < 1.29 is 18.7 Å². The van der Waals surface area contributed by atoms with Crippen molar-refractivity contribution in [2.45, 2.75) is 12.5 Å². The van der Waals surface area contributed by atoms with E-state index in [0.717, 1.165) is 6.21 Å². The molecule has 0 spiro atoms. The fraction of sp³-hybridized carbons (Fsp3) is 0.167. The van der Waals surface area contributed by atoms with Gasteiger partial charge in [0.15, 0.2) is 0 Å². The smallest absolute Gasteiger partial charge is 0.346 e. The summed E-state index contributed by atoms with van der Waals surface area (Å²) in [6.07, 6.45) is 1.15. The fourth-order valence-corrected chi connectivity index (χ4v) is 2.55. The minimum Gasteiger partial charge on any atom is -0.497 e. The van der Waals surface area contributed by atoms with Crippen molar-refractivity contribution in [2.24, 2.45) is 5.10 Å². The number of rotatable bonds is 4. The van der Waals surface area contributed by atoms with E-state index >= 15 is 0 Å². The number of hydrogen-bond acceptors (Lipinski definition) is 4. The predicted molar refractivity (Wildman–Crippen MR) is 89.7 cm³/mol. The molecule has 25 heavy (non-hydrogen) atoms. The molecule has 2 aromatic carbocycles. The second kappa shape index (κ2) is 6.35. The summed E-state index contributed by atoms with van der Waals surface area (Å²) in [7, 11) is 1.54. The lowest BCUT2D eigenvalue weighted by atomic mass is 9.92. The summed E-state index contributed by atoms with van der Waals surface area (Å²) in [5.74, 6) is -0.398. The van der Waals surface area contributed by atoms with Gasteiger partial charge in [-0.15, -0.1) is 5.01 Å². The van der Waals surface area contributed by atoms with Crippen molar-refractivity contribution in [2.75, 3.05) is 7.11 Å². The standard InChI is InChI=1S/C18H16FN3O3/c1-18(13-7-9-14(25-2)10-8-13)16(23)22(17(24)21-18)20-11-12-5-3-4-6-15(12)19/h3-11H,1-2H3,(H,21,24)/b20-11-/t18-/m0/s1. The highest BCUT2D eigenvalue weighted by Crippen LogP contribution is 2.30. The first-order valence-corrected chi connectivity index (χ1v) is 7.55. The molecule has 128 valence electrons. The molecule has 1 saturated heterocycles. The first-order chi connectivity index (χ1) is 12.0. The Morgan fingerprint density at radius 3 is 2.48 bits per heavy atom. The molecule has 1 aliphatic heterocycles. The molecule has 1 N–H and O–H groups in total. The van der Waals surface area contributed by atoms with Crippen molar-refractivity contribution in [3.63, 3.8) is 0 Å². The third-order valence-corrected chi connectivity index (χ3v) is 4.05. The molecule has 1 heterocycles. The molecule has 1 atom stereocenters. The van der Waals surface area contributed by atoms with Crippen LogP contribution >= 0.6 is 0 Å². The first-order valence-electron chi connectivity index (χ1n) is 7.55. The molecule has 1 aliphatic rings. The van der Waals surface area contributed by atoms with E-state index in [1.807, 2.05) is 0 Å². The molecular formula is C18H16FN3O3. The van der Waals surface area contributed by atoms with E-state index in [1.165, 1.54) is 12.1 Å². The lowest BCUT2D eigenvalue weighted by Crippen LogP contribution is -2.40. The number of benzene rings is 2. The third kappa shape index (κ3) is 2.96. The Bertz CT molecular complexity index is 851. The minimum absolute atomic E-state index is 0.182. The summed E-state index contributed by atoms with van der Waals surface area (Å²) in [4.78, 5) is 24.9. The van der Waals surface area contributed by atoms with E-state index in [0.29, 0.717) is 16.3 Å². The van der Waals surface area contributed by atoms with Crippen LogP contribution in [0.3, 0.4) is 0 Å². The van der Waals surface area contributed by atoms with E-state index in [-0.39, 0.29) is 5.56 Å². The summed E-state index contributed by atoms with van der Waals surface area (Å²) >= 11 is 0. The number of urea groups is 1. The normalized spacial score (nSPS) is 20.2. The summed E-state index contributed by atoms with van der Waals surface area (Å²) in [6, 6.07) is 12.1. The van der Waals surface area contributed by atoms with Crippen LogP contribution < -0.4 is 10.1 Å². The van der Waals surface area contributed by atoms with Crippen LogP contribution in [0.5, 0.6) is 5.75 Å². The topological polar surface area (TPSA) is 71.0 Å². The largest absolute Gasteiger partial charge is 0.497 e. The maximum atomic E-state index is 13.6. The molecule has 0 aliphatic carbocycles. The lowest BCUT2D eigenvalue weighted by Gasteiger charge is -2.21. The van der Waals surface area contributed by atoms with E-state index in [4.69, 9.17) is 4.74 Å². The molecule has 7 heteroatoms. The van der Waals surface area contributed by atoms with Gasteiger partial charge >= 0.3 is 6.03 Å². The number of carbonyl (C=O) groups excluding carboxylic acids is 2. The van der Waals surface area contributed by atoms with Gasteiger partial charge in [-0.1, -0.05) is 30.3 Å². The average Bonchev–Trinajstić information content (AvgIpc) is 2.84. The second-order valence-corrected chi connectivity index (χ2v) is 5.67. The van der Waals surface area contributed by atoms with Crippen LogP contribution in [0.2, 0.25) is 0 Å². The van der Waals surface area contributed by atoms with Gasteiger partial charge in [-0.3, -0.25) is 4.79 Å². The number of methoxy groups -OCH3 is 1. The van der Waals surface area contributed by atoms with Gasteiger partial charge in [-0.25, -0.2) is 9.18 Å². The highest BCUT2D eigenvalue weighted by Gasteiger charge is 2.49. The van der Waals surface area contributed by atoms with E-state index < -0.39 is 23.3 Å². The molecule has 1 fully saturated rings. The Hall–Kier alpha value is -3.22. The molecule has 2 aromatic rings. The Morgan fingerprint density at radius 1 is 1.16 bits per heavy atom. The number of halogens is 1. The molecule has 6 nitrogen and oxygen atoms in total. The molecule has 3 amide bonds. The van der Waals surface area contributed by atoms with Crippen LogP contribution in [0.25, 0.3) is 0 Å². The Balaban J connectivity index is 1.87. The van der Waals surface area contributed by atoms with Crippen LogP contribution in [-0.2, 0) is 10.3 Å². The van der Waals surface area contributed by atoms with Gasteiger partial charge in [-0.2, -0.15) is 5.10 Å². The highest BCUT2D eigenvalue weighted by atomic mass is 19.1. The minimum atomic E-state index is -1.25. The van der Waals surface area contributed by atoms with Gasteiger partial charge in [0.25, 0.3) is 5.91 Å². The molecule has 0 unspecified atom stereocenters. The zero-order chi connectivity index (χ0) is 18.0. The summed E-state index contributed by atoms with van der Waals surface area (Å²) < 4.78 is 18.7. The SMILES string of the molecule is COc1ccc([C@]2(C)NC(=O)N(/N=C\c3ccccc3F)C2=O)cc1. The van der Waals surface area contributed by atoms with Crippen molar-refractivity contribution >= 4 is 18.2 Å². The maximum absolute atomic E-state index is 13.6. The third-order valence-electron chi connectivity index (χ3n) is 4.05. The zero-order valence-corrected chi connectivity index (χ0v) is 13.7. The number of hydrogen-bond donors (Lipinski definition) is 1. The molecule has 0 aromatic heterocycles. The van der Waals surface area contributed by atoms with Gasteiger partial charge < -0.3 is 10.1 Å². The van der Waals surface area contributed by atoms with Crippen molar-refractivity contribution in [3.8, 4) is 5.75 Å². The first kappa shape index (κ1) is 16.6. The van der Waals surface area contributed by atoms with Gasteiger partial charge in [0, 0.05) is 5.56 Å². The molecule has 0 bridgehead atoms. The van der Waals surface area contributed by atoms with E-state index in [9.17, 15) is 14.0 Å². The van der Waals surface area contributed by atoms with E-state index in [2.05, 4.69) is 10.4 Å². The van der Waals surface area contributed by atoms with Gasteiger partial charge in [0.1, 0.15) is 17.1 Å². The monoisotopic (exact) mass is 341 g/mol. The van der Waals surface area contributed by atoms with Crippen LogP contribution in [-0.4, -0.2) is 30.3 Å². The highest BCUT2D eigenvalue weighted by molar-refractivity contribution is 6.07. The number of nitrogens with zero attached hydrogens (tertiary/aromatic N) is 2. The van der Waals surface area contributed by atoms with Crippen molar-refractivity contribution in [1.29, 1.82) is 0 Å². The second-order valence-electron chi connectivity index (χ2n) is 5.67. The summed E-state index contributed by atoms with van der Waals surface area (Å²) in [5, 5.41) is 7.18. The quantitative estimate of drug-likeness (QED) is 0.686. The van der Waals surface area contributed by atoms with Crippen LogP contribution in [0.15, 0.2) is 53.6 Å². The van der Waals surface area contributed by atoms with E-state index in [1.54, 1.807) is 50.4 Å². The zero-order valence-electron chi connectivity index (χ0n) is 13.7. The van der Waals surface area contributed by atoms with Crippen molar-refractivity contribution in [3.05, 3.63) is 65.5 Å². The van der Waals surface area contributed by atoms with Gasteiger partial charge in [0.2, 0.25) is 0 Å². The fourth-order valence-electron chi connectivity index (χ4n) is 2.55. The Kier molecular flexibility index (Phi) is 4.22. The average molecular weight is 341 g/mol. The van der Waals surface area contributed by atoms with Crippen LogP contribution in [0.4, 0.5) is 9.18 Å². The number of ether oxygens (including phenoxy) is 1. The van der Waals surface area contributed by atoms with Gasteiger partial charge in [0.05, 0.1) is 13.3 Å². The van der Waals surface area contributed by atoms with Crippen LogP contribution in [0, 0.1) is 5.82 Å². The number of nitrogens with one attached hydrogen (secondary N) is 1. The number of carbonyl (C=O) groups is 2. The summed E-state index contributed by atoms with van der Waals surface area (Å²) in [5.41, 5.74) is -0.480. The Labute approximate surface area is 143 Å². The van der Waals surface area contributed by atoms with Gasteiger partial charge in [-0.05, 0) is 30.7 Å². The number of hydrazone groups is 1. The van der Waals surface area contributed by atoms with Crippen LogP contribution in [0.1, 0.15) is 18.1 Å². The Morgan fingerprint density at radius 2 is 1.84 bits per heavy atom. The molecular weight excluding hydrogens is 325 g/mol. The number of amides is 3. The molecule has 0 saturated carbocycles. The number of imide groups is 1. The summed E-state index contributed by atoms with van der Waals surface area (Å²) in [6.45, 7) is 1.59. The maximum Gasteiger partial charge on any atom is 0.346 e. The predicted octanol–water partition coefficient (Wildman–Crippen LogP) is 2.64. The molecule has 3 rings (SSSR count).